The van der Waals surface area contributed by atoms with Gasteiger partial charge in [0.2, 0.25) is 10.0 Å². The van der Waals surface area contributed by atoms with E-state index in [1.54, 1.807) is 12.1 Å². The van der Waals surface area contributed by atoms with Crippen LogP contribution >= 0.6 is 11.8 Å². The lowest BCUT2D eigenvalue weighted by molar-refractivity contribution is -0.133. The second-order valence-electron chi connectivity index (χ2n) is 7.42. The number of carbonyl (C=O) groups is 1. The van der Waals surface area contributed by atoms with Crippen LogP contribution in [0.5, 0.6) is 5.75 Å². The molecule has 0 unspecified atom stereocenters. The minimum atomic E-state index is -3.76. The number of methoxy groups -OCH3 is 1. The maximum atomic E-state index is 13.3. The summed E-state index contributed by atoms with van der Waals surface area (Å²) >= 11 is 1.20. The first-order valence-corrected chi connectivity index (χ1v) is 12.8. The molecule has 0 aliphatic carbocycles. The summed E-state index contributed by atoms with van der Waals surface area (Å²) < 4.78 is 35.0. The van der Waals surface area contributed by atoms with Gasteiger partial charge in [0.25, 0.3) is 0 Å². The van der Waals surface area contributed by atoms with Crippen molar-refractivity contribution >= 4 is 39.1 Å². The first-order valence-electron chi connectivity index (χ1n) is 10.2. The molecule has 7 nitrogen and oxygen atoms in total. The number of aliphatic carboxylic acids is 1. The van der Waals surface area contributed by atoms with Crippen LogP contribution < -0.4 is 14.4 Å². The Morgan fingerprint density at radius 2 is 2.03 bits per heavy atom. The molecule has 31 heavy (non-hydrogen) atoms. The summed E-state index contributed by atoms with van der Waals surface area (Å²) in [5.41, 5.74) is 2.11. The summed E-state index contributed by atoms with van der Waals surface area (Å²) in [7, 11) is -2.23. The number of benzene rings is 2. The highest BCUT2D eigenvalue weighted by Gasteiger charge is 2.32. The van der Waals surface area contributed by atoms with Gasteiger partial charge in [0.1, 0.15) is 10.6 Å². The molecule has 0 spiro atoms. The third kappa shape index (κ3) is 5.72. The number of fused-ring (bicyclic) bond motifs is 1. The molecular weight excluding hydrogens is 436 g/mol. The smallest absolute Gasteiger partial charge is 0.313 e. The Labute approximate surface area is 187 Å². The van der Waals surface area contributed by atoms with Gasteiger partial charge in [-0.3, -0.25) is 4.79 Å². The molecule has 2 aromatic carbocycles. The number of rotatable bonds is 9. The van der Waals surface area contributed by atoms with Crippen LogP contribution in [0, 0.1) is 0 Å². The molecule has 2 aromatic rings. The fourth-order valence-electron chi connectivity index (χ4n) is 3.66. The number of unbranched alkanes of at least 4 members (excludes halogenated alkanes) is 1. The zero-order valence-corrected chi connectivity index (χ0v) is 19.3. The minimum Gasteiger partial charge on any atom is -0.496 e. The number of sulfonamides is 1. The van der Waals surface area contributed by atoms with E-state index in [9.17, 15) is 13.2 Å². The normalized spacial score (nSPS) is 17.6. The number of anilines is 2. The van der Waals surface area contributed by atoms with Crippen molar-refractivity contribution in [3.63, 3.8) is 0 Å². The molecule has 0 saturated carbocycles. The summed E-state index contributed by atoms with van der Waals surface area (Å²) in [6.07, 6.45) is 2.65. The van der Waals surface area contributed by atoms with Crippen LogP contribution in [0.3, 0.4) is 0 Å². The highest BCUT2D eigenvalue weighted by Crippen LogP contribution is 2.39. The number of carboxylic acid groups (broad SMARTS) is 1. The first kappa shape index (κ1) is 23.4. The van der Waals surface area contributed by atoms with Crippen molar-refractivity contribution in [1.29, 1.82) is 0 Å². The van der Waals surface area contributed by atoms with Gasteiger partial charge in [-0.15, -0.1) is 11.8 Å². The molecule has 9 heteroatoms. The summed E-state index contributed by atoms with van der Waals surface area (Å²) in [5, 5.41) is 8.93. The summed E-state index contributed by atoms with van der Waals surface area (Å²) in [5.74, 6) is -0.106. The number of hydrogen-bond donors (Lipinski definition) is 2. The van der Waals surface area contributed by atoms with E-state index < -0.39 is 16.0 Å². The van der Waals surface area contributed by atoms with E-state index in [1.807, 2.05) is 35.2 Å². The molecule has 1 atom stereocenters. The van der Waals surface area contributed by atoms with E-state index in [4.69, 9.17) is 9.84 Å². The maximum Gasteiger partial charge on any atom is 0.313 e. The molecule has 0 radical (unpaired) electrons. The van der Waals surface area contributed by atoms with Crippen molar-refractivity contribution in [2.24, 2.45) is 0 Å². The van der Waals surface area contributed by atoms with Crippen LogP contribution in [0.15, 0.2) is 47.4 Å². The Balaban J connectivity index is 2.10. The van der Waals surface area contributed by atoms with E-state index >= 15 is 0 Å². The highest BCUT2D eigenvalue weighted by molar-refractivity contribution is 7.99. The number of carboxylic acids is 1. The van der Waals surface area contributed by atoms with Gasteiger partial charge >= 0.3 is 5.97 Å². The van der Waals surface area contributed by atoms with Gasteiger partial charge < -0.3 is 14.7 Å². The molecule has 0 saturated heterocycles. The molecule has 1 aliphatic heterocycles. The van der Waals surface area contributed by atoms with Crippen molar-refractivity contribution in [1.82, 2.24) is 4.72 Å². The van der Waals surface area contributed by atoms with E-state index in [1.165, 1.54) is 18.9 Å². The second-order valence-corrected chi connectivity index (χ2v) is 10.1. The van der Waals surface area contributed by atoms with E-state index in [0.717, 1.165) is 24.9 Å². The molecule has 1 heterocycles. The standard InChI is InChI=1S/C22H28N2O5S2/c1-3-4-8-17-13-24(18-9-6-5-7-10-18)19-12-20(29-2)16(14-30-15-22(25)26)11-21(19)31(27,28)23-17/h5-7,9-12,17,23H,3-4,8,13-15H2,1-2H3,(H,25,26)/t17-/m1/s1. The van der Waals surface area contributed by atoms with Gasteiger partial charge in [-0.25, -0.2) is 13.1 Å². The van der Waals surface area contributed by atoms with Crippen LogP contribution in [0.4, 0.5) is 11.4 Å². The predicted octanol–water partition coefficient (Wildman–Crippen LogP) is 4.00. The van der Waals surface area contributed by atoms with Crippen LogP contribution in [-0.4, -0.2) is 44.9 Å². The number of nitrogens with zero attached hydrogens (tertiary/aromatic N) is 1. The van der Waals surface area contributed by atoms with Gasteiger partial charge in [-0.2, -0.15) is 0 Å². The Kier molecular flexibility index (Phi) is 7.85. The molecule has 168 valence electrons. The lowest BCUT2D eigenvalue weighted by Crippen LogP contribution is -2.39. The van der Waals surface area contributed by atoms with Crippen LogP contribution in [0.25, 0.3) is 0 Å². The Morgan fingerprint density at radius 3 is 2.68 bits per heavy atom. The monoisotopic (exact) mass is 464 g/mol. The van der Waals surface area contributed by atoms with Crippen molar-refractivity contribution in [3.8, 4) is 5.75 Å². The summed E-state index contributed by atoms with van der Waals surface area (Å²) in [4.78, 5) is 13.1. The topological polar surface area (TPSA) is 95.9 Å². The zero-order chi connectivity index (χ0) is 22.4. The fraction of sp³-hybridized carbons (Fsp3) is 0.409. The minimum absolute atomic E-state index is 0.0690. The van der Waals surface area contributed by atoms with Crippen molar-refractivity contribution < 1.29 is 23.1 Å². The Bertz CT molecular complexity index is 1010. The SMILES string of the molecule is CCCC[C@@H]1CN(c2ccccc2)c2cc(OC)c(CSCC(=O)O)cc2S(=O)(=O)N1. The Morgan fingerprint density at radius 1 is 1.29 bits per heavy atom. The van der Waals surface area contributed by atoms with Crippen molar-refractivity contribution in [2.45, 2.75) is 42.9 Å². The van der Waals surface area contributed by atoms with Gasteiger partial charge in [0.05, 0.1) is 18.6 Å². The molecule has 0 aromatic heterocycles. The number of para-hydroxylation sites is 1. The van der Waals surface area contributed by atoms with E-state index in [2.05, 4.69) is 11.6 Å². The number of nitrogens with one attached hydrogen (secondary N) is 1. The van der Waals surface area contributed by atoms with Crippen LogP contribution in [0.1, 0.15) is 31.7 Å². The first-order chi connectivity index (χ1) is 14.9. The van der Waals surface area contributed by atoms with Gasteiger partial charge in [0.15, 0.2) is 0 Å². The average Bonchev–Trinajstić information content (AvgIpc) is 2.85. The van der Waals surface area contributed by atoms with Crippen molar-refractivity contribution in [2.75, 3.05) is 24.3 Å². The fourth-order valence-corrected chi connectivity index (χ4v) is 5.88. The van der Waals surface area contributed by atoms with E-state index in [0.29, 0.717) is 29.3 Å². The van der Waals surface area contributed by atoms with E-state index in [-0.39, 0.29) is 16.7 Å². The highest BCUT2D eigenvalue weighted by atomic mass is 32.2. The van der Waals surface area contributed by atoms with Crippen molar-refractivity contribution in [3.05, 3.63) is 48.0 Å². The van der Waals surface area contributed by atoms with Crippen LogP contribution in [0.2, 0.25) is 0 Å². The zero-order valence-electron chi connectivity index (χ0n) is 17.7. The molecule has 0 fully saturated rings. The van der Waals surface area contributed by atoms with Gasteiger partial charge in [-0.1, -0.05) is 38.0 Å². The average molecular weight is 465 g/mol. The predicted molar refractivity (Wildman–Crippen MR) is 124 cm³/mol. The number of thioether (sulfide) groups is 1. The third-order valence-electron chi connectivity index (χ3n) is 5.12. The largest absolute Gasteiger partial charge is 0.496 e. The number of hydrogen-bond acceptors (Lipinski definition) is 6. The third-order valence-corrected chi connectivity index (χ3v) is 7.64. The molecule has 3 rings (SSSR count). The quantitative estimate of drug-likeness (QED) is 0.579. The molecular formula is C22H28N2O5S2. The van der Waals surface area contributed by atoms with Gasteiger partial charge in [-0.05, 0) is 24.6 Å². The molecule has 0 amide bonds. The number of ether oxygens (including phenoxy) is 1. The summed E-state index contributed by atoms with van der Waals surface area (Å²) in [6.45, 7) is 2.59. The maximum absolute atomic E-state index is 13.3. The molecule has 0 bridgehead atoms. The molecule has 2 N–H and O–H groups in total. The van der Waals surface area contributed by atoms with Gasteiger partial charge in [0, 0.05) is 35.7 Å². The molecule has 1 aliphatic rings. The lowest BCUT2D eigenvalue weighted by atomic mass is 10.1. The Hall–Kier alpha value is -2.23. The lowest BCUT2D eigenvalue weighted by Gasteiger charge is -2.27. The second kappa shape index (κ2) is 10.4. The summed E-state index contributed by atoms with van der Waals surface area (Å²) in [6, 6.07) is 12.8. The van der Waals surface area contributed by atoms with Crippen LogP contribution in [-0.2, 0) is 20.6 Å².